The predicted octanol–water partition coefficient (Wildman–Crippen LogP) is 5.84. The molecule has 0 radical (unpaired) electrons. The fourth-order valence-electron chi connectivity index (χ4n) is 3.35. The molecule has 28 heavy (non-hydrogen) atoms. The third-order valence-corrected chi connectivity index (χ3v) is 6.25. The first-order valence-corrected chi connectivity index (χ1v) is 10.6. The molecule has 0 unspecified atom stereocenters. The molecule has 0 aliphatic carbocycles. The smallest absolute Gasteiger partial charge is 0.338 e. The van der Waals surface area contributed by atoms with Crippen LogP contribution in [0.2, 0.25) is 0 Å². The number of esters is 1. The van der Waals surface area contributed by atoms with Crippen molar-refractivity contribution in [2.24, 2.45) is 0 Å². The molecule has 146 valence electrons. The molecule has 0 bridgehead atoms. The number of benzene rings is 2. The van der Waals surface area contributed by atoms with Gasteiger partial charge in [-0.25, -0.2) is 4.79 Å². The molecule has 0 saturated carbocycles. The van der Waals surface area contributed by atoms with Gasteiger partial charge in [0.1, 0.15) is 0 Å². The lowest BCUT2D eigenvalue weighted by Gasteiger charge is -2.32. The topological polar surface area (TPSA) is 43.4 Å². The minimum atomic E-state index is -0.327. The Morgan fingerprint density at radius 1 is 1.14 bits per heavy atom. The van der Waals surface area contributed by atoms with Gasteiger partial charge in [0, 0.05) is 10.5 Å². The fraction of sp³-hybridized carbons (Fsp3) is 0.333. The third kappa shape index (κ3) is 4.39. The van der Waals surface area contributed by atoms with Gasteiger partial charge in [-0.3, -0.25) is 4.79 Å². The number of hydrogen-bond donors (Lipinski definition) is 0. The van der Waals surface area contributed by atoms with Crippen LogP contribution in [0.5, 0.6) is 0 Å². The molecule has 2 aromatic carbocycles. The van der Waals surface area contributed by atoms with Gasteiger partial charge in [-0.2, -0.15) is 0 Å². The summed E-state index contributed by atoms with van der Waals surface area (Å²) in [4.78, 5) is 25.8. The van der Waals surface area contributed by atoms with Crippen LogP contribution >= 0.6 is 11.8 Å². The monoisotopic (exact) mass is 394 g/mol. The Kier molecular flexibility index (Phi) is 6.09. The van der Waals surface area contributed by atoms with Crippen LogP contribution in [0.25, 0.3) is 6.08 Å². The number of carbonyl (C=O) groups excluding carboxylic acids is 2. The SMILES string of the molecule is CCOC(=O)c1ccc(/C=C/C(=O)c2ccc3c(c2)C(C)(C)CCS3)c(C)c1. The van der Waals surface area contributed by atoms with Crippen LogP contribution in [0.15, 0.2) is 47.4 Å². The lowest BCUT2D eigenvalue weighted by molar-refractivity contribution is 0.0526. The maximum Gasteiger partial charge on any atom is 0.338 e. The van der Waals surface area contributed by atoms with E-state index in [-0.39, 0.29) is 17.2 Å². The summed E-state index contributed by atoms with van der Waals surface area (Å²) in [5.74, 6) is 0.781. The van der Waals surface area contributed by atoms with E-state index in [1.165, 1.54) is 10.5 Å². The number of thioether (sulfide) groups is 1. The molecule has 1 aliphatic heterocycles. The van der Waals surface area contributed by atoms with Crippen molar-refractivity contribution in [3.05, 3.63) is 70.3 Å². The van der Waals surface area contributed by atoms with Gasteiger partial charge in [-0.15, -0.1) is 11.8 Å². The summed E-state index contributed by atoms with van der Waals surface area (Å²) in [5, 5.41) is 0. The van der Waals surface area contributed by atoms with Gasteiger partial charge in [-0.05, 0) is 84.5 Å². The van der Waals surface area contributed by atoms with E-state index < -0.39 is 0 Å². The van der Waals surface area contributed by atoms with Crippen molar-refractivity contribution >= 4 is 29.6 Å². The Bertz CT molecular complexity index is 941. The Morgan fingerprint density at radius 3 is 2.61 bits per heavy atom. The first-order chi connectivity index (χ1) is 13.3. The molecule has 0 aromatic heterocycles. The third-order valence-electron chi connectivity index (χ3n) is 5.17. The normalized spacial score (nSPS) is 15.3. The largest absolute Gasteiger partial charge is 0.462 e. The molecule has 0 atom stereocenters. The number of ketones is 1. The lowest BCUT2D eigenvalue weighted by atomic mass is 9.81. The molecule has 0 spiro atoms. The van der Waals surface area contributed by atoms with E-state index in [9.17, 15) is 9.59 Å². The summed E-state index contributed by atoms with van der Waals surface area (Å²) in [7, 11) is 0. The van der Waals surface area contributed by atoms with Gasteiger partial charge in [0.25, 0.3) is 0 Å². The highest BCUT2D eigenvalue weighted by atomic mass is 32.2. The van der Waals surface area contributed by atoms with Crippen molar-refractivity contribution in [3.63, 3.8) is 0 Å². The van der Waals surface area contributed by atoms with Crippen LogP contribution in [0, 0.1) is 6.92 Å². The van der Waals surface area contributed by atoms with Crippen molar-refractivity contribution in [2.75, 3.05) is 12.4 Å². The Balaban J connectivity index is 1.80. The Hall–Kier alpha value is -2.33. The predicted molar refractivity (Wildman–Crippen MR) is 115 cm³/mol. The zero-order valence-corrected chi connectivity index (χ0v) is 17.7. The van der Waals surface area contributed by atoms with Crippen molar-refractivity contribution in [1.82, 2.24) is 0 Å². The van der Waals surface area contributed by atoms with Gasteiger partial charge in [0.05, 0.1) is 12.2 Å². The van der Waals surface area contributed by atoms with Crippen molar-refractivity contribution < 1.29 is 14.3 Å². The minimum Gasteiger partial charge on any atom is -0.462 e. The summed E-state index contributed by atoms with van der Waals surface area (Å²) in [6, 6.07) is 11.4. The van der Waals surface area contributed by atoms with Gasteiger partial charge < -0.3 is 4.74 Å². The molecule has 3 rings (SSSR count). The van der Waals surface area contributed by atoms with Crippen LogP contribution < -0.4 is 0 Å². The van der Waals surface area contributed by atoms with Gasteiger partial charge in [0.15, 0.2) is 5.78 Å². The first kappa shape index (κ1) is 20.4. The molecule has 0 amide bonds. The average molecular weight is 395 g/mol. The summed E-state index contributed by atoms with van der Waals surface area (Å²) >= 11 is 1.86. The molecule has 0 fully saturated rings. The van der Waals surface area contributed by atoms with Gasteiger partial charge in [0.2, 0.25) is 0 Å². The maximum absolute atomic E-state index is 12.7. The summed E-state index contributed by atoms with van der Waals surface area (Å²) < 4.78 is 5.03. The zero-order chi connectivity index (χ0) is 20.3. The molecule has 1 heterocycles. The summed E-state index contributed by atoms with van der Waals surface area (Å²) in [6.07, 6.45) is 4.53. The van der Waals surface area contributed by atoms with E-state index in [0.717, 1.165) is 23.3 Å². The van der Waals surface area contributed by atoms with E-state index in [4.69, 9.17) is 4.74 Å². The van der Waals surface area contributed by atoms with E-state index in [0.29, 0.717) is 17.7 Å². The standard InChI is InChI=1S/C24H26O3S/c1-5-27-23(26)19-7-6-17(16(2)14-19)8-10-21(25)18-9-11-22-20(15-18)24(3,4)12-13-28-22/h6-11,14-15H,5,12-13H2,1-4H3/b10-8+. The molecule has 3 nitrogen and oxygen atoms in total. The highest BCUT2D eigenvalue weighted by molar-refractivity contribution is 7.99. The number of fused-ring (bicyclic) bond motifs is 1. The summed E-state index contributed by atoms with van der Waals surface area (Å²) in [6.45, 7) is 8.54. The van der Waals surface area contributed by atoms with E-state index in [1.807, 2.05) is 43.0 Å². The molecular formula is C24H26O3S. The molecular weight excluding hydrogens is 368 g/mol. The zero-order valence-electron chi connectivity index (χ0n) is 16.9. The molecule has 1 aliphatic rings. The highest BCUT2D eigenvalue weighted by Gasteiger charge is 2.28. The van der Waals surface area contributed by atoms with Crippen molar-refractivity contribution in [3.8, 4) is 0 Å². The second kappa shape index (κ2) is 8.36. The highest BCUT2D eigenvalue weighted by Crippen LogP contribution is 2.41. The number of hydrogen-bond acceptors (Lipinski definition) is 4. The number of carbonyl (C=O) groups is 2. The number of allylic oxidation sites excluding steroid dienone is 1. The summed E-state index contributed by atoms with van der Waals surface area (Å²) in [5.41, 5.74) is 4.44. The van der Waals surface area contributed by atoms with Gasteiger partial charge in [-0.1, -0.05) is 26.0 Å². The Labute approximate surface area is 171 Å². The quantitative estimate of drug-likeness (QED) is 0.363. The van der Waals surface area contributed by atoms with E-state index in [1.54, 1.807) is 25.1 Å². The second-order valence-corrected chi connectivity index (χ2v) is 8.82. The molecule has 4 heteroatoms. The number of aryl methyl sites for hydroxylation is 1. The molecule has 0 N–H and O–H groups in total. The van der Waals surface area contributed by atoms with Crippen LogP contribution in [0.3, 0.4) is 0 Å². The van der Waals surface area contributed by atoms with Crippen molar-refractivity contribution in [2.45, 2.75) is 44.4 Å². The molecule has 2 aromatic rings. The minimum absolute atomic E-state index is 0.0111. The maximum atomic E-state index is 12.7. The van der Waals surface area contributed by atoms with Crippen LogP contribution in [0.1, 0.15) is 64.6 Å². The second-order valence-electron chi connectivity index (χ2n) is 7.68. The molecule has 0 saturated heterocycles. The first-order valence-electron chi connectivity index (χ1n) is 9.59. The number of rotatable bonds is 5. The van der Waals surface area contributed by atoms with Crippen LogP contribution in [-0.4, -0.2) is 24.1 Å². The van der Waals surface area contributed by atoms with E-state index in [2.05, 4.69) is 19.9 Å². The van der Waals surface area contributed by atoms with Crippen LogP contribution in [-0.2, 0) is 10.2 Å². The average Bonchev–Trinajstić information content (AvgIpc) is 2.66. The number of ether oxygens (including phenoxy) is 1. The van der Waals surface area contributed by atoms with Gasteiger partial charge >= 0.3 is 5.97 Å². The fourth-order valence-corrected chi connectivity index (χ4v) is 4.84. The lowest BCUT2D eigenvalue weighted by Crippen LogP contribution is -2.23. The van der Waals surface area contributed by atoms with E-state index >= 15 is 0 Å². The van der Waals surface area contributed by atoms with Crippen molar-refractivity contribution in [1.29, 1.82) is 0 Å². The Morgan fingerprint density at radius 2 is 1.89 bits per heavy atom. The van der Waals surface area contributed by atoms with Crippen LogP contribution in [0.4, 0.5) is 0 Å².